The molecule has 2 aromatic carbocycles. The Kier molecular flexibility index (Phi) is 4.43. The standard InChI is InChI=1S/C16H12BrCl2FO/c17-12-8-14(20)11(7-13(12)18)16(19)10-5-6-21-15-4-2-1-3-9(10)15/h1-4,7-8,10,16H,5-6H2. The van der Waals surface area contributed by atoms with Gasteiger partial charge in [0.05, 0.1) is 17.0 Å². The van der Waals surface area contributed by atoms with Gasteiger partial charge in [0.25, 0.3) is 0 Å². The molecule has 21 heavy (non-hydrogen) atoms. The van der Waals surface area contributed by atoms with Gasteiger partial charge in [0.2, 0.25) is 0 Å². The summed E-state index contributed by atoms with van der Waals surface area (Å²) in [5, 5.41) is -0.0296. The molecule has 0 saturated heterocycles. The number of ether oxygens (including phenoxy) is 1. The second kappa shape index (κ2) is 6.15. The molecule has 2 atom stereocenters. The van der Waals surface area contributed by atoms with Crippen molar-refractivity contribution in [3.8, 4) is 5.75 Å². The van der Waals surface area contributed by atoms with Crippen LogP contribution in [0.1, 0.15) is 28.8 Å². The van der Waals surface area contributed by atoms with Crippen molar-refractivity contribution in [2.45, 2.75) is 17.7 Å². The van der Waals surface area contributed by atoms with E-state index in [1.165, 1.54) is 6.07 Å². The lowest BCUT2D eigenvalue weighted by molar-refractivity contribution is 0.264. The van der Waals surface area contributed by atoms with E-state index >= 15 is 0 Å². The van der Waals surface area contributed by atoms with Crippen molar-refractivity contribution in [3.05, 3.63) is 62.8 Å². The Hall–Kier alpha value is -0.770. The second-order valence-corrected chi connectivity index (χ2v) is 6.70. The van der Waals surface area contributed by atoms with Crippen LogP contribution in [0, 0.1) is 5.82 Å². The van der Waals surface area contributed by atoms with Gasteiger partial charge in [0, 0.05) is 16.0 Å². The maximum atomic E-state index is 14.2. The smallest absolute Gasteiger partial charge is 0.129 e. The minimum Gasteiger partial charge on any atom is -0.493 e. The Balaban J connectivity index is 2.00. The van der Waals surface area contributed by atoms with Crippen molar-refractivity contribution in [2.24, 2.45) is 0 Å². The van der Waals surface area contributed by atoms with Crippen LogP contribution in [-0.2, 0) is 0 Å². The first kappa shape index (κ1) is 15.1. The van der Waals surface area contributed by atoms with E-state index in [0.29, 0.717) is 21.7 Å². The van der Waals surface area contributed by atoms with Crippen LogP contribution in [-0.4, -0.2) is 6.61 Å². The van der Waals surface area contributed by atoms with E-state index in [0.717, 1.165) is 17.7 Å². The van der Waals surface area contributed by atoms with E-state index in [1.807, 2.05) is 24.3 Å². The predicted molar refractivity (Wildman–Crippen MR) is 87.0 cm³/mol. The molecule has 5 heteroatoms. The molecule has 2 aromatic rings. The molecule has 0 spiro atoms. The summed E-state index contributed by atoms with van der Waals surface area (Å²) in [5.41, 5.74) is 1.44. The molecule has 0 radical (unpaired) electrons. The predicted octanol–water partition coefficient (Wildman–Crippen LogP) is 6.09. The van der Waals surface area contributed by atoms with Crippen LogP contribution in [0.15, 0.2) is 40.9 Å². The maximum Gasteiger partial charge on any atom is 0.129 e. The molecule has 0 saturated carbocycles. The molecule has 110 valence electrons. The van der Waals surface area contributed by atoms with Gasteiger partial charge in [-0.15, -0.1) is 11.6 Å². The van der Waals surface area contributed by atoms with Crippen molar-refractivity contribution in [2.75, 3.05) is 6.61 Å². The average Bonchev–Trinajstić information content (AvgIpc) is 2.49. The highest BCUT2D eigenvalue weighted by molar-refractivity contribution is 9.10. The summed E-state index contributed by atoms with van der Waals surface area (Å²) in [6.07, 6.45) is 0.748. The van der Waals surface area contributed by atoms with E-state index in [4.69, 9.17) is 27.9 Å². The summed E-state index contributed by atoms with van der Waals surface area (Å²) in [5.74, 6) is 0.474. The first-order valence-corrected chi connectivity index (χ1v) is 8.19. The average molecular weight is 390 g/mol. The molecular weight excluding hydrogens is 378 g/mol. The van der Waals surface area contributed by atoms with Crippen LogP contribution in [0.2, 0.25) is 5.02 Å². The maximum absolute atomic E-state index is 14.2. The van der Waals surface area contributed by atoms with Gasteiger partial charge in [-0.1, -0.05) is 29.8 Å². The number of para-hydroxylation sites is 1. The summed E-state index contributed by atoms with van der Waals surface area (Å²) >= 11 is 15.9. The lowest BCUT2D eigenvalue weighted by atomic mass is 9.87. The van der Waals surface area contributed by atoms with Crippen molar-refractivity contribution < 1.29 is 9.13 Å². The van der Waals surface area contributed by atoms with E-state index in [1.54, 1.807) is 6.07 Å². The fourth-order valence-corrected chi connectivity index (χ4v) is 3.56. The van der Waals surface area contributed by atoms with E-state index in [2.05, 4.69) is 15.9 Å². The lowest BCUT2D eigenvalue weighted by Gasteiger charge is -2.29. The highest BCUT2D eigenvalue weighted by Crippen LogP contribution is 2.46. The summed E-state index contributed by atoms with van der Waals surface area (Å²) in [6, 6.07) is 10.7. The van der Waals surface area contributed by atoms with Gasteiger partial charge in [-0.25, -0.2) is 4.39 Å². The molecule has 3 rings (SSSR count). The van der Waals surface area contributed by atoms with Gasteiger partial charge < -0.3 is 4.74 Å². The third-order valence-electron chi connectivity index (χ3n) is 3.69. The summed E-state index contributed by atoms with van der Waals surface area (Å²) in [4.78, 5) is 0. The SMILES string of the molecule is Fc1cc(Br)c(Cl)cc1C(Cl)C1CCOc2ccccc21. The number of benzene rings is 2. The second-order valence-electron chi connectivity index (χ2n) is 4.97. The van der Waals surface area contributed by atoms with Gasteiger partial charge in [-0.3, -0.25) is 0 Å². The van der Waals surface area contributed by atoms with Crippen LogP contribution in [0.5, 0.6) is 5.75 Å². The molecule has 0 aromatic heterocycles. The highest BCUT2D eigenvalue weighted by Gasteiger charge is 2.30. The van der Waals surface area contributed by atoms with Crippen LogP contribution in [0.3, 0.4) is 0 Å². The number of halogens is 4. The zero-order valence-electron chi connectivity index (χ0n) is 11.0. The molecule has 0 fully saturated rings. The largest absolute Gasteiger partial charge is 0.493 e. The summed E-state index contributed by atoms with van der Waals surface area (Å²) in [6.45, 7) is 0.580. The molecule has 2 unspecified atom stereocenters. The summed E-state index contributed by atoms with van der Waals surface area (Å²) < 4.78 is 20.4. The number of fused-ring (bicyclic) bond motifs is 1. The monoisotopic (exact) mass is 388 g/mol. The molecule has 0 amide bonds. The molecule has 1 nitrogen and oxygen atoms in total. The molecule has 0 bridgehead atoms. The Bertz CT molecular complexity index is 677. The van der Waals surface area contributed by atoms with Gasteiger partial charge >= 0.3 is 0 Å². The minimum atomic E-state index is -0.486. The van der Waals surface area contributed by atoms with E-state index < -0.39 is 5.38 Å². The Morgan fingerprint density at radius 3 is 2.86 bits per heavy atom. The third kappa shape index (κ3) is 2.92. The van der Waals surface area contributed by atoms with Crippen LogP contribution >= 0.6 is 39.1 Å². The Morgan fingerprint density at radius 2 is 2.05 bits per heavy atom. The number of rotatable bonds is 2. The first-order valence-electron chi connectivity index (χ1n) is 6.58. The van der Waals surface area contributed by atoms with Gasteiger partial charge in [0.15, 0.2) is 0 Å². The molecule has 1 aliphatic rings. The minimum absolute atomic E-state index is 0.00311. The zero-order valence-corrected chi connectivity index (χ0v) is 14.1. The first-order chi connectivity index (χ1) is 10.1. The zero-order chi connectivity index (χ0) is 15.0. The van der Waals surface area contributed by atoms with E-state index in [9.17, 15) is 4.39 Å². The van der Waals surface area contributed by atoms with Crippen LogP contribution in [0.4, 0.5) is 4.39 Å². The lowest BCUT2D eigenvalue weighted by Crippen LogP contribution is -2.18. The Labute approximate surface area is 141 Å². The molecule has 1 heterocycles. The molecule has 1 aliphatic heterocycles. The van der Waals surface area contributed by atoms with Crippen LogP contribution < -0.4 is 4.74 Å². The van der Waals surface area contributed by atoms with Crippen molar-refractivity contribution in [1.82, 2.24) is 0 Å². The fraction of sp³-hybridized carbons (Fsp3) is 0.250. The highest BCUT2D eigenvalue weighted by atomic mass is 79.9. The molecular formula is C16H12BrCl2FO. The van der Waals surface area contributed by atoms with Crippen molar-refractivity contribution in [3.63, 3.8) is 0 Å². The van der Waals surface area contributed by atoms with Crippen molar-refractivity contribution >= 4 is 39.1 Å². The number of hydrogen-bond acceptors (Lipinski definition) is 1. The van der Waals surface area contributed by atoms with Gasteiger partial charge in [-0.05, 0) is 46.1 Å². The van der Waals surface area contributed by atoms with Crippen LogP contribution in [0.25, 0.3) is 0 Å². The van der Waals surface area contributed by atoms with Gasteiger partial charge in [0.1, 0.15) is 11.6 Å². The number of hydrogen-bond donors (Lipinski definition) is 0. The van der Waals surface area contributed by atoms with E-state index in [-0.39, 0.29) is 11.7 Å². The normalized spacial score (nSPS) is 18.8. The Morgan fingerprint density at radius 1 is 1.29 bits per heavy atom. The third-order valence-corrected chi connectivity index (χ3v) is 5.43. The molecule has 0 aliphatic carbocycles. The number of alkyl halides is 1. The molecule has 0 N–H and O–H groups in total. The fourth-order valence-electron chi connectivity index (χ4n) is 2.64. The summed E-state index contributed by atoms with van der Waals surface area (Å²) in [7, 11) is 0. The van der Waals surface area contributed by atoms with Gasteiger partial charge in [-0.2, -0.15) is 0 Å². The topological polar surface area (TPSA) is 9.23 Å². The van der Waals surface area contributed by atoms with Crippen molar-refractivity contribution in [1.29, 1.82) is 0 Å². The quantitative estimate of drug-likeness (QED) is 0.446.